The van der Waals surface area contributed by atoms with E-state index in [1.54, 1.807) is 4.68 Å². The molecule has 0 aliphatic carbocycles. The molecule has 0 bridgehead atoms. The maximum Gasteiger partial charge on any atom is 0.335 e. The van der Waals surface area contributed by atoms with E-state index in [0.717, 1.165) is 17.5 Å². The van der Waals surface area contributed by atoms with Crippen molar-refractivity contribution in [3.05, 3.63) is 52.6 Å². The lowest BCUT2D eigenvalue weighted by atomic mass is 10.1. The van der Waals surface area contributed by atoms with Crippen LogP contribution in [0.4, 0.5) is 4.39 Å². The topological polar surface area (TPSA) is 55.1 Å². The third-order valence-corrected chi connectivity index (χ3v) is 2.64. The molecule has 1 heterocycles. The van der Waals surface area contributed by atoms with E-state index in [9.17, 15) is 9.18 Å². The summed E-state index contributed by atoms with van der Waals surface area (Å²) >= 11 is 0. The number of hydrogen-bond acceptors (Lipinski definition) is 2. The molecule has 4 nitrogen and oxygen atoms in total. The van der Waals surface area contributed by atoms with E-state index in [4.69, 9.17) is 5.11 Å². The number of hydrogen-bond donors (Lipinski definition) is 1. The van der Waals surface area contributed by atoms with Gasteiger partial charge in [0.1, 0.15) is 5.82 Å². The number of benzene rings is 1. The largest absolute Gasteiger partial charge is 0.478 e. The number of aromatic carboxylic acids is 1. The molecule has 0 aliphatic heterocycles. The molecule has 0 radical (unpaired) electrons. The molecule has 0 saturated heterocycles. The number of halogens is 1. The molecule has 0 amide bonds. The normalized spacial score (nSPS) is 10.6. The van der Waals surface area contributed by atoms with Gasteiger partial charge < -0.3 is 5.11 Å². The summed E-state index contributed by atoms with van der Waals surface area (Å²) in [5.74, 6) is -1.68. The van der Waals surface area contributed by atoms with Crippen LogP contribution in [0.15, 0.2) is 24.3 Å². The van der Waals surface area contributed by atoms with Crippen LogP contribution >= 0.6 is 0 Å². The Morgan fingerprint density at radius 1 is 1.33 bits per heavy atom. The van der Waals surface area contributed by atoms with E-state index in [2.05, 4.69) is 5.10 Å². The molecule has 0 spiro atoms. The second-order valence-corrected chi connectivity index (χ2v) is 4.24. The summed E-state index contributed by atoms with van der Waals surface area (Å²) in [7, 11) is 0. The van der Waals surface area contributed by atoms with Gasteiger partial charge in [-0.2, -0.15) is 5.10 Å². The van der Waals surface area contributed by atoms with Crippen molar-refractivity contribution in [2.24, 2.45) is 0 Å². The molecule has 18 heavy (non-hydrogen) atoms. The van der Waals surface area contributed by atoms with Gasteiger partial charge in [0.2, 0.25) is 0 Å². The summed E-state index contributed by atoms with van der Waals surface area (Å²) in [6.45, 7) is 4.13. The van der Waals surface area contributed by atoms with Crippen molar-refractivity contribution in [2.45, 2.75) is 20.4 Å². The molecular weight excluding hydrogens is 235 g/mol. The van der Waals surface area contributed by atoms with Crippen LogP contribution in [-0.4, -0.2) is 20.9 Å². The van der Waals surface area contributed by atoms with Gasteiger partial charge in [0.15, 0.2) is 0 Å². The Kier molecular flexibility index (Phi) is 3.14. The molecule has 1 aromatic carbocycles. The third kappa shape index (κ3) is 2.56. The minimum Gasteiger partial charge on any atom is -0.478 e. The van der Waals surface area contributed by atoms with E-state index >= 15 is 0 Å². The zero-order valence-corrected chi connectivity index (χ0v) is 10.1. The van der Waals surface area contributed by atoms with Crippen LogP contribution in [-0.2, 0) is 6.54 Å². The van der Waals surface area contributed by atoms with Gasteiger partial charge >= 0.3 is 5.97 Å². The van der Waals surface area contributed by atoms with Crippen LogP contribution in [0.3, 0.4) is 0 Å². The summed E-state index contributed by atoms with van der Waals surface area (Å²) in [5, 5.41) is 13.1. The molecule has 0 unspecified atom stereocenters. The number of carboxylic acid groups (broad SMARTS) is 1. The molecular formula is C13H13FN2O2. The summed E-state index contributed by atoms with van der Waals surface area (Å²) in [4.78, 5) is 10.8. The summed E-state index contributed by atoms with van der Waals surface area (Å²) < 4.78 is 15.0. The Labute approximate surface area is 104 Å². The van der Waals surface area contributed by atoms with E-state index in [0.29, 0.717) is 12.1 Å². The van der Waals surface area contributed by atoms with Crippen LogP contribution in [0.2, 0.25) is 0 Å². The smallest absolute Gasteiger partial charge is 0.335 e. The van der Waals surface area contributed by atoms with Gasteiger partial charge in [-0.15, -0.1) is 0 Å². The molecule has 2 rings (SSSR count). The van der Waals surface area contributed by atoms with E-state index in [1.807, 2.05) is 19.9 Å². The Hall–Kier alpha value is -2.17. The molecule has 0 atom stereocenters. The molecule has 1 aromatic heterocycles. The summed E-state index contributed by atoms with van der Waals surface area (Å²) in [6.07, 6.45) is 0. The zero-order chi connectivity index (χ0) is 13.3. The summed E-state index contributed by atoms with van der Waals surface area (Å²) in [6, 6.07) is 5.70. The highest BCUT2D eigenvalue weighted by Gasteiger charge is 2.09. The molecule has 0 aliphatic rings. The highest BCUT2D eigenvalue weighted by molar-refractivity contribution is 5.87. The Balaban J connectivity index is 2.34. The highest BCUT2D eigenvalue weighted by Crippen LogP contribution is 2.12. The van der Waals surface area contributed by atoms with E-state index in [1.165, 1.54) is 12.1 Å². The maximum atomic E-state index is 13.3. The first kappa shape index (κ1) is 12.3. The Bertz CT molecular complexity index is 605. The average molecular weight is 248 g/mol. The SMILES string of the molecule is Cc1cc(C)n(Cc2cc(F)cc(C(=O)O)c2)n1. The van der Waals surface area contributed by atoms with Crippen molar-refractivity contribution in [1.29, 1.82) is 0 Å². The fourth-order valence-electron chi connectivity index (χ4n) is 1.87. The van der Waals surface area contributed by atoms with Crippen molar-refractivity contribution in [2.75, 3.05) is 0 Å². The molecule has 5 heteroatoms. The zero-order valence-electron chi connectivity index (χ0n) is 10.1. The first-order chi connectivity index (χ1) is 8.45. The standard InChI is InChI=1S/C13H13FN2O2/c1-8-3-9(2)16(15-8)7-10-4-11(13(17)18)6-12(14)5-10/h3-6H,7H2,1-2H3,(H,17,18). The molecule has 0 fully saturated rings. The predicted molar refractivity (Wildman–Crippen MR) is 64.2 cm³/mol. The first-order valence-electron chi connectivity index (χ1n) is 5.49. The fraction of sp³-hybridized carbons (Fsp3) is 0.231. The van der Waals surface area contributed by atoms with Crippen molar-refractivity contribution in [3.8, 4) is 0 Å². The number of aryl methyl sites for hydroxylation is 2. The minimum absolute atomic E-state index is 0.0495. The van der Waals surface area contributed by atoms with Gasteiger partial charge in [0.05, 0.1) is 17.8 Å². The van der Waals surface area contributed by atoms with E-state index in [-0.39, 0.29) is 5.56 Å². The van der Waals surface area contributed by atoms with Crippen molar-refractivity contribution in [3.63, 3.8) is 0 Å². The fourth-order valence-corrected chi connectivity index (χ4v) is 1.87. The van der Waals surface area contributed by atoms with Gasteiger partial charge in [0, 0.05) is 5.69 Å². The quantitative estimate of drug-likeness (QED) is 0.907. The van der Waals surface area contributed by atoms with Gasteiger partial charge in [-0.3, -0.25) is 4.68 Å². The van der Waals surface area contributed by atoms with Gasteiger partial charge in [0.25, 0.3) is 0 Å². The lowest BCUT2D eigenvalue weighted by Crippen LogP contribution is -2.06. The number of carbonyl (C=O) groups is 1. The van der Waals surface area contributed by atoms with Crippen LogP contribution in [0.25, 0.3) is 0 Å². The van der Waals surface area contributed by atoms with Crippen molar-refractivity contribution >= 4 is 5.97 Å². The molecule has 1 N–H and O–H groups in total. The first-order valence-corrected chi connectivity index (χ1v) is 5.49. The van der Waals surface area contributed by atoms with Crippen LogP contribution in [0.5, 0.6) is 0 Å². The Morgan fingerprint density at radius 2 is 2.06 bits per heavy atom. The lowest BCUT2D eigenvalue weighted by Gasteiger charge is -2.06. The van der Waals surface area contributed by atoms with Crippen LogP contribution in [0.1, 0.15) is 27.3 Å². The highest BCUT2D eigenvalue weighted by atomic mass is 19.1. The van der Waals surface area contributed by atoms with Gasteiger partial charge in [-0.25, -0.2) is 9.18 Å². The maximum absolute atomic E-state index is 13.3. The second kappa shape index (κ2) is 4.60. The molecule has 94 valence electrons. The molecule has 2 aromatic rings. The second-order valence-electron chi connectivity index (χ2n) is 4.24. The predicted octanol–water partition coefficient (Wildman–Crippen LogP) is 2.39. The van der Waals surface area contributed by atoms with Crippen LogP contribution < -0.4 is 0 Å². The number of nitrogens with zero attached hydrogens (tertiary/aromatic N) is 2. The van der Waals surface area contributed by atoms with Gasteiger partial charge in [-0.1, -0.05) is 0 Å². The number of rotatable bonds is 3. The van der Waals surface area contributed by atoms with Crippen molar-refractivity contribution < 1.29 is 14.3 Å². The van der Waals surface area contributed by atoms with Gasteiger partial charge in [-0.05, 0) is 43.7 Å². The van der Waals surface area contributed by atoms with E-state index < -0.39 is 11.8 Å². The lowest BCUT2D eigenvalue weighted by molar-refractivity contribution is 0.0696. The van der Waals surface area contributed by atoms with Crippen LogP contribution in [0, 0.1) is 19.7 Å². The number of carboxylic acids is 1. The Morgan fingerprint density at radius 3 is 2.61 bits per heavy atom. The third-order valence-electron chi connectivity index (χ3n) is 2.64. The average Bonchev–Trinajstić information content (AvgIpc) is 2.56. The minimum atomic E-state index is -1.14. The monoisotopic (exact) mass is 248 g/mol. The molecule has 0 saturated carbocycles. The van der Waals surface area contributed by atoms with Crippen molar-refractivity contribution in [1.82, 2.24) is 9.78 Å². The number of aromatic nitrogens is 2. The summed E-state index contributed by atoms with van der Waals surface area (Å²) in [5.41, 5.74) is 2.36.